The summed E-state index contributed by atoms with van der Waals surface area (Å²) in [6.07, 6.45) is 2.70. The molecular weight excluding hydrogens is 186 g/mol. The van der Waals surface area contributed by atoms with Crippen LogP contribution < -0.4 is 5.73 Å². The first-order valence-electron chi connectivity index (χ1n) is 5.18. The molecule has 0 aromatic carbocycles. The molecule has 82 valence electrons. The second kappa shape index (κ2) is 4.50. The molecule has 1 heterocycles. The van der Waals surface area contributed by atoms with E-state index < -0.39 is 0 Å². The van der Waals surface area contributed by atoms with E-state index >= 15 is 0 Å². The molecule has 0 saturated carbocycles. The molecule has 15 heavy (non-hydrogen) atoms. The van der Waals surface area contributed by atoms with Crippen LogP contribution in [0.3, 0.4) is 0 Å². The van der Waals surface area contributed by atoms with Gasteiger partial charge >= 0.3 is 0 Å². The minimum absolute atomic E-state index is 0.0357. The lowest BCUT2D eigenvalue weighted by atomic mass is 9.90. The molecule has 0 aliphatic heterocycles. The Morgan fingerprint density at radius 3 is 2.67 bits per heavy atom. The van der Waals surface area contributed by atoms with Gasteiger partial charge in [-0.1, -0.05) is 32.6 Å². The van der Waals surface area contributed by atoms with E-state index in [2.05, 4.69) is 37.7 Å². The van der Waals surface area contributed by atoms with Crippen LogP contribution in [-0.4, -0.2) is 16.3 Å². The van der Waals surface area contributed by atoms with E-state index in [1.807, 2.05) is 17.9 Å². The maximum absolute atomic E-state index is 5.40. The average molecular weight is 205 g/mol. The Balaban J connectivity index is 3.04. The molecule has 0 saturated heterocycles. The van der Waals surface area contributed by atoms with Crippen molar-refractivity contribution in [2.24, 2.45) is 12.8 Å². The fourth-order valence-electron chi connectivity index (χ4n) is 1.36. The summed E-state index contributed by atoms with van der Waals surface area (Å²) in [5.41, 5.74) is 7.50. The molecule has 0 spiro atoms. The monoisotopic (exact) mass is 205 g/mol. The first-order valence-corrected chi connectivity index (χ1v) is 5.18. The van der Waals surface area contributed by atoms with Crippen LogP contribution >= 0.6 is 0 Å². The zero-order valence-corrected chi connectivity index (χ0v) is 9.96. The van der Waals surface area contributed by atoms with Gasteiger partial charge in [-0.25, -0.2) is 0 Å². The van der Waals surface area contributed by atoms with E-state index in [1.165, 1.54) is 0 Å². The molecule has 0 radical (unpaired) electrons. The third-order valence-corrected chi connectivity index (χ3v) is 2.03. The summed E-state index contributed by atoms with van der Waals surface area (Å²) in [7, 11) is 1.92. The van der Waals surface area contributed by atoms with Crippen molar-refractivity contribution in [3.63, 3.8) is 0 Å². The highest BCUT2D eigenvalue weighted by molar-refractivity contribution is 5.39. The summed E-state index contributed by atoms with van der Waals surface area (Å²) in [5, 5.41) is 4.44. The van der Waals surface area contributed by atoms with Crippen LogP contribution in [0, 0.1) is 11.8 Å². The Morgan fingerprint density at radius 2 is 2.13 bits per heavy atom. The number of aromatic nitrogens is 2. The van der Waals surface area contributed by atoms with Gasteiger partial charge in [0.15, 0.2) is 0 Å². The molecule has 0 amide bonds. The lowest BCUT2D eigenvalue weighted by Gasteiger charge is -2.15. The largest absolute Gasteiger partial charge is 0.330 e. The van der Waals surface area contributed by atoms with Gasteiger partial charge in [-0.3, -0.25) is 4.68 Å². The lowest BCUT2D eigenvalue weighted by molar-refractivity contribution is 0.552. The van der Waals surface area contributed by atoms with E-state index in [-0.39, 0.29) is 5.41 Å². The topological polar surface area (TPSA) is 43.8 Å². The minimum atomic E-state index is 0.0357. The number of hydrogen-bond donors (Lipinski definition) is 1. The van der Waals surface area contributed by atoms with Crippen LogP contribution in [0.25, 0.3) is 0 Å². The van der Waals surface area contributed by atoms with Gasteiger partial charge in [-0.15, -0.1) is 0 Å². The summed E-state index contributed by atoms with van der Waals surface area (Å²) < 4.78 is 1.81. The van der Waals surface area contributed by atoms with Crippen LogP contribution in [0.5, 0.6) is 0 Å². The molecule has 3 heteroatoms. The Kier molecular flexibility index (Phi) is 3.54. The number of nitrogens with two attached hydrogens (primary N) is 1. The number of hydrogen-bond acceptors (Lipinski definition) is 2. The predicted molar refractivity (Wildman–Crippen MR) is 62.5 cm³/mol. The Morgan fingerprint density at radius 1 is 1.47 bits per heavy atom. The number of rotatable bonds is 1. The second-order valence-electron chi connectivity index (χ2n) is 4.66. The van der Waals surface area contributed by atoms with E-state index in [9.17, 15) is 0 Å². The molecule has 0 aliphatic rings. The SMILES string of the molecule is Cn1cc(C#CCCN)c(C(C)(C)C)n1. The van der Waals surface area contributed by atoms with Gasteiger partial charge < -0.3 is 5.73 Å². The van der Waals surface area contributed by atoms with Crippen LogP contribution in [0.4, 0.5) is 0 Å². The summed E-state index contributed by atoms with van der Waals surface area (Å²) in [4.78, 5) is 0. The van der Waals surface area contributed by atoms with Gasteiger partial charge in [-0.05, 0) is 0 Å². The predicted octanol–water partition coefficient (Wildman–Crippen LogP) is 1.42. The van der Waals surface area contributed by atoms with E-state index in [1.54, 1.807) is 0 Å². The van der Waals surface area contributed by atoms with Crippen LogP contribution in [0.15, 0.2) is 6.20 Å². The third-order valence-electron chi connectivity index (χ3n) is 2.03. The molecule has 0 atom stereocenters. The summed E-state index contributed by atoms with van der Waals surface area (Å²) in [5.74, 6) is 6.18. The first-order chi connectivity index (χ1) is 6.95. The maximum Gasteiger partial charge on any atom is 0.0834 e. The van der Waals surface area contributed by atoms with Gasteiger partial charge in [0.25, 0.3) is 0 Å². The number of nitrogens with zero attached hydrogens (tertiary/aromatic N) is 2. The normalized spacial score (nSPS) is 11.0. The molecule has 0 aliphatic carbocycles. The fraction of sp³-hybridized carbons (Fsp3) is 0.583. The lowest BCUT2D eigenvalue weighted by Crippen LogP contribution is -2.14. The molecule has 0 unspecified atom stereocenters. The van der Waals surface area contributed by atoms with Gasteiger partial charge in [0.1, 0.15) is 0 Å². The fourth-order valence-corrected chi connectivity index (χ4v) is 1.36. The van der Waals surface area contributed by atoms with Crippen molar-refractivity contribution in [1.29, 1.82) is 0 Å². The smallest absolute Gasteiger partial charge is 0.0834 e. The average Bonchev–Trinajstić information content (AvgIpc) is 2.47. The zero-order valence-electron chi connectivity index (χ0n) is 9.96. The third kappa shape index (κ3) is 3.10. The number of aryl methyl sites for hydroxylation is 1. The van der Waals surface area contributed by atoms with Crippen molar-refractivity contribution < 1.29 is 0 Å². The summed E-state index contributed by atoms with van der Waals surface area (Å²) in [6.45, 7) is 7.04. The van der Waals surface area contributed by atoms with Crippen molar-refractivity contribution >= 4 is 0 Å². The van der Waals surface area contributed by atoms with Crippen molar-refractivity contribution in [3.8, 4) is 11.8 Å². The van der Waals surface area contributed by atoms with Crippen LogP contribution in [-0.2, 0) is 12.5 Å². The first kappa shape index (κ1) is 11.8. The Bertz CT molecular complexity index is 385. The standard InChI is InChI=1S/C12H19N3/c1-12(2,3)11-10(7-5-6-8-13)9-15(4)14-11/h9H,6,8,13H2,1-4H3. The van der Waals surface area contributed by atoms with Crippen molar-refractivity contribution in [3.05, 3.63) is 17.5 Å². The van der Waals surface area contributed by atoms with Gasteiger partial charge in [0.2, 0.25) is 0 Å². The van der Waals surface area contributed by atoms with Gasteiger partial charge in [0.05, 0.1) is 11.3 Å². The molecule has 0 fully saturated rings. The van der Waals surface area contributed by atoms with Gasteiger partial charge in [0, 0.05) is 31.6 Å². The molecule has 3 nitrogen and oxygen atoms in total. The highest BCUT2D eigenvalue weighted by atomic mass is 15.3. The molecule has 2 N–H and O–H groups in total. The molecular formula is C12H19N3. The quantitative estimate of drug-likeness (QED) is 0.705. The second-order valence-corrected chi connectivity index (χ2v) is 4.66. The summed E-state index contributed by atoms with van der Waals surface area (Å²) >= 11 is 0. The van der Waals surface area contributed by atoms with Crippen LogP contribution in [0.2, 0.25) is 0 Å². The van der Waals surface area contributed by atoms with Crippen molar-refractivity contribution in [2.45, 2.75) is 32.6 Å². The summed E-state index contributed by atoms with van der Waals surface area (Å²) in [6, 6.07) is 0. The minimum Gasteiger partial charge on any atom is -0.330 e. The van der Waals surface area contributed by atoms with E-state index in [4.69, 9.17) is 5.73 Å². The van der Waals surface area contributed by atoms with Crippen molar-refractivity contribution in [2.75, 3.05) is 6.54 Å². The highest BCUT2D eigenvalue weighted by Crippen LogP contribution is 2.23. The molecule has 1 rings (SSSR count). The Hall–Kier alpha value is -1.27. The van der Waals surface area contributed by atoms with Crippen LogP contribution in [0.1, 0.15) is 38.4 Å². The van der Waals surface area contributed by atoms with E-state index in [0.29, 0.717) is 6.54 Å². The highest BCUT2D eigenvalue weighted by Gasteiger charge is 2.20. The molecule has 0 bridgehead atoms. The van der Waals surface area contributed by atoms with E-state index in [0.717, 1.165) is 17.7 Å². The van der Waals surface area contributed by atoms with Gasteiger partial charge in [-0.2, -0.15) is 5.10 Å². The molecule has 1 aromatic rings. The molecule has 1 aromatic heterocycles. The van der Waals surface area contributed by atoms with Crippen molar-refractivity contribution in [1.82, 2.24) is 9.78 Å². The zero-order chi connectivity index (χ0) is 11.5. The maximum atomic E-state index is 5.40. The Labute approximate surface area is 91.7 Å².